The van der Waals surface area contributed by atoms with Crippen LogP contribution in [0.2, 0.25) is 0 Å². The van der Waals surface area contributed by atoms with Crippen LogP contribution < -0.4 is 5.48 Å². The van der Waals surface area contributed by atoms with Crippen LogP contribution in [-0.4, -0.2) is 58.5 Å². The molecule has 0 aliphatic heterocycles. The van der Waals surface area contributed by atoms with Crippen LogP contribution in [0.5, 0.6) is 0 Å². The third-order valence-electron chi connectivity index (χ3n) is 3.89. The Hall–Kier alpha value is -2.02. The maximum atomic E-state index is 12.7. The van der Waals surface area contributed by atoms with Crippen molar-refractivity contribution in [3.8, 4) is 0 Å². The van der Waals surface area contributed by atoms with Gasteiger partial charge in [0, 0.05) is 18.1 Å². The first-order chi connectivity index (χ1) is 13.4. The van der Waals surface area contributed by atoms with E-state index in [0.29, 0.717) is 6.26 Å². The number of hydrogen-bond donors (Lipinski definition) is 2. The average Bonchev–Trinajstić information content (AvgIpc) is 2.58. The molecule has 2 N–H and O–H groups in total. The van der Waals surface area contributed by atoms with Gasteiger partial charge >= 0.3 is 5.97 Å². The van der Waals surface area contributed by atoms with Crippen molar-refractivity contribution in [3.63, 3.8) is 0 Å². The number of rotatable bonds is 8. The van der Waals surface area contributed by atoms with Crippen LogP contribution in [0, 0.1) is 5.92 Å². The Morgan fingerprint density at radius 2 is 1.57 bits per heavy atom. The highest BCUT2D eigenvalue weighted by molar-refractivity contribution is 7.91. The van der Waals surface area contributed by atoms with Gasteiger partial charge in [0.05, 0.1) is 17.1 Å². The van der Waals surface area contributed by atoms with E-state index in [9.17, 15) is 31.5 Å². The lowest BCUT2D eigenvalue weighted by molar-refractivity contribution is -0.169. The standard InChI is InChI=1S/C18H27NO9S2/c1-7-27-16(21)14(15(20)19-28-17(2,3)4)18(22,30(6,25)26)12-8-10-13(11-9-12)29(5,23)24/h8-11,14,22H,7H2,1-6H3,(H,19,20)/t14-,18+/m0/s1. The van der Waals surface area contributed by atoms with E-state index in [1.165, 1.54) is 6.92 Å². The molecule has 0 spiro atoms. The fourth-order valence-electron chi connectivity index (χ4n) is 2.47. The lowest BCUT2D eigenvalue weighted by Crippen LogP contribution is -2.54. The van der Waals surface area contributed by atoms with Gasteiger partial charge in [-0.15, -0.1) is 0 Å². The molecule has 0 aromatic heterocycles. The molecule has 30 heavy (non-hydrogen) atoms. The summed E-state index contributed by atoms with van der Waals surface area (Å²) in [6.45, 7) is 6.05. The van der Waals surface area contributed by atoms with E-state index in [2.05, 4.69) is 0 Å². The fourth-order valence-corrected chi connectivity index (χ4v) is 4.29. The first-order valence-corrected chi connectivity index (χ1v) is 12.6. The Bertz CT molecular complexity index is 993. The summed E-state index contributed by atoms with van der Waals surface area (Å²) in [5.74, 6) is -4.80. The number of aliphatic hydroxyl groups is 1. The number of sulfone groups is 2. The molecule has 1 aromatic carbocycles. The van der Waals surface area contributed by atoms with Crippen molar-refractivity contribution >= 4 is 31.6 Å². The minimum atomic E-state index is -4.54. The molecule has 0 aliphatic rings. The number of ether oxygens (including phenoxy) is 1. The molecule has 0 saturated carbocycles. The van der Waals surface area contributed by atoms with Gasteiger partial charge in [-0.2, -0.15) is 0 Å². The number of hydroxylamine groups is 1. The molecule has 0 heterocycles. The van der Waals surface area contributed by atoms with E-state index < -0.39 is 48.0 Å². The van der Waals surface area contributed by atoms with Crippen molar-refractivity contribution in [2.24, 2.45) is 5.92 Å². The number of nitrogens with one attached hydrogen (secondary N) is 1. The van der Waals surface area contributed by atoms with Crippen LogP contribution in [0.3, 0.4) is 0 Å². The number of carbonyl (C=O) groups is 2. The highest BCUT2D eigenvalue weighted by atomic mass is 32.2. The van der Waals surface area contributed by atoms with Crippen molar-refractivity contribution in [2.45, 2.75) is 43.1 Å². The van der Waals surface area contributed by atoms with Crippen LogP contribution in [0.1, 0.15) is 33.3 Å². The maximum absolute atomic E-state index is 12.7. The number of hydrogen-bond acceptors (Lipinski definition) is 9. The quantitative estimate of drug-likeness (QED) is 0.313. The van der Waals surface area contributed by atoms with E-state index in [4.69, 9.17) is 9.57 Å². The third-order valence-corrected chi connectivity index (χ3v) is 6.63. The van der Waals surface area contributed by atoms with E-state index in [0.717, 1.165) is 30.5 Å². The molecule has 0 fully saturated rings. The average molecular weight is 466 g/mol. The summed E-state index contributed by atoms with van der Waals surface area (Å²) in [5, 5.41) is 11.2. The van der Waals surface area contributed by atoms with E-state index in [-0.39, 0.29) is 17.1 Å². The first kappa shape index (κ1) is 26.0. The maximum Gasteiger partial charge on any atom is 0.323 e. The largest absolute Gasteiger partial charge is 0.465 e. The van der Waals surface area contributed by atoms with Crippen LogP contribution in [0.25, 0.3) is 0 Å². The van der Waals surface area contributed by atoms with E-state index >= 15 is 0 Å². The zero-order chi connectivity index (χ0) is 23.5. The molecule has 170 valence electrons. The fraction of sp³-hybridized carbons (Fsp3) is 0.556. The molecule has 1 amide bonds. The molecular weight excluding hydrogens is 438 g/mol. The van der Waals surface area contributed by atoms with Crippen LogP contribution >= 0.6 is 0 Å². The molecule has 10 nitrogen and oxygen atoms in total. The second kappa shape index (κ2) is 9.00. The molecule has 0 bridgehead atoms. The molecule has 0 aliphatic carbocycles. The lowest BCUT2D eigenvalue weighted by Gasteiger charge is -2.33. The number of benzene rings is 1. The molecule has 0 unspecified atom stereocenters. The molecule has 0 saturated heterocycles. The summed E-state index contributed by atoms with van der Waals surface area (Å²) in [5.41, 5.74) is 0.718. The smallest absolute Gasteiger partial charge is 0.323 e. The van der Waals surface area contributed by atoms with Crippen molar-refractivity contribution in [1.82, 2.24) is 5.48 Å². The molecule has 1 aromatic rings. The van der Waals surface area contributed by atoms with Crippen molar-refractivity contribution in [2.75, 3.05) is 19.1 Å². The second-order valence-electron chi connectivity index (χ2n) is 7.63. The molecular formula is C18H27NO9S2. The number of esters is 1. The lowest BCUT2D eigenvalue weighted by atomic mass is 9.94. The minimum Gasteiger partial charge on any atom is -0.465 e. The van der Waals surface area contributed by atoms with Gasteiger partial charge in [0.2, 0.25) is 4.93 Å². The van der Waals surface area contributed by atoms with Gasteiger partial charge in [-0.25, -0.2) is 22.3 Å². The normalized spacial score (nSPS) is 15.7. The molecule has 0 radical (unpaired) electrons. The van der Waals surface area contributed by atoms with Crippen LogP contribution in [0.15, 0.2) is 29.2 Å². The van der Waals surface area contributed by atoms with Gasteiger partial charge in [-0.1, -0.05) is 12.1 Å². The van der Waals surface area contributed by atoms with Gasteiger partial charge in [0.1, 0.15) is 0 Å². The molecule has 2 atom stereocenters. The Morgan fingerprint density at radius 1 is 1.07 bits per heavy atom. The second-order valence-corrected chi connectivity index (χ2v) is 11.8. The predicted molar refractivity (Wildman–Crippen MR) is 107 cm³/mol. The summed E-state index contributed by atoms with van der Waals surface area (Å²) in [4.78, 5) is 27.2. The van der Waals surface area contributed by atoms with Gasteiger partial charge in [-0.3, -0.25) is 14.4 Å². The van der Waals surface area contributed by atoms with E-state index in [1.807, 2.05) is 5.48 Å². The zero-order valence-corrected chi connectivity index (χ0v) is 19.3. The number of amides is 1. The minimum absolute atomic E-state index is 0.143. The van der Waals surface area contributed by atoms with Gasteiger partial charge < -0.3 is 9.84 Å². The van der Waals surface area contributed by atoms with Crippen molar-refractivity contribution in [3.05, 3.63) is 29.8 Å². The first-order valence-electron chi connectivity index (χ1n) is 8.82. The SMILES string of the molecule is CCOC(=O)[C@H](C(=O)NOC(C)(C)C)[C@@](O)(c1ccc(S(C)(=O)=O)cc1)S(C)(=O)=O. The highest BCUT2D eigenvalue weighted by Crippen LogP contribution is 2.37. The van der Waals surface area contributed by atoms with Crippen molar-refractivity contribution < 1.29 is 41.1 Å². The topological polar surface area (TPSA) is 153 Å². The summed E-state index contributed by atoms with van der Waals surface area (Å²) in [6, 6.07) is 4.16. The zero-order valence-electron chi connectivity index (χ0n) is 17.6. The predicted octanol–water partition coefficient (Wildman–Crippen LogP) is 0.305. The summed E-state index contributed by atoms with van der Waals surface area (Å²) >= 11 is 0. The van der Waals surface area contributed by atoms with Gasteiger partial charge in [-0.05, 0) is 39.8 Å². The van der Waals surface area contributed by atoms with Gasteiger partial charge in [0.25, 0.3) is 5.91 Å². The Kier molecular flexibility index (Phi) is 7.81. The van der Waals surface area contributed by atoms with Crippen molar-refractivity contribution in [1.29, 1.82) is 0 Å². The molecule has 12 heteroatoms. The number of carbonyl (C=O) groups excluding carboxylic acids is 2. The summed E-state index contributed by atoms with van der Waals surface area (Å²) in [7, 11) is -8.15. The monoisotopic (exact) mass is 465 g/mol. The Morgan fingerprint density at radius 3 is 1.93 bits per heavy atom. The Balaban J connectivity index is 3.64. The third kappa shape index (κ3) is 6.00. The van der Waals surface area contributed by atoms with Gasteiger partial charge in [0.15, 0.2) is 25.6 Å². The Labute approximate surface area is 176 Å². The van der Waals surface area contributed by atoms with E-state index in [1.54, 1.807) is 20.8 Å². The summed E-state index contributed by atoms with van der Waals surface area (Å²) in [6.07, 6.45) is 1.59. The highest BCUT2D eigenvalue weighted by Gasteiger charge is 2.56. The van der Waals surface area contributed by atoms with Crippen LogP contribution in [0.4, 0.5) is 0 Å². The van der Waals surface area contributed by atoms with Crippen LogP contribution in [-0.2, 0) is 43.8 Å². The summed E-state index contributed by atoms with van der Waals surface area (Å²) < 4.78 is 53.4. The molecule has 1 rings (SSSR count).